The Morgan fingerprint density at radius 3 is 2.78 bits per heavy atom. The third kappa shape index (κ3) is 4.07. The van der Waals surface area contributed by atoms with Crippen molar-refractivity contribution in [2.24, 2.45) is 0 Å². The number of nitro benzene ring substituents is 1. The van der Waals surface area contributed by atoms with E-state index in [1.165, 1.54) is 30.6 Å². The van der Waals surface area contributed by atoms with Crippen molar-refractivity contribution in [2.45, 2.75) is 6.92 Å². The van der Waals surface area contributed by atoms with Gasteiger partial charge in [0.05, 0.1) is 23.3 Å². The summed E-state index contributed by atoms with van der Waals surface area (Å²) in [7, 11) is 1.46. The van der Waals surface area contributed by atoms with Crippen LogP contribution < -0.4 is 10.1 Å². The number of halogens is 1. The molecule has 0 fully saturated rings. The van der Waals surface area contributed by atoms with Gasteiger partial charge in [-0.15, -0.1) is 11.3 Å². The van der Waals surface area contributed by atoms with Gasteiger partial charge in [-0.2, -0.15) is 0 Å². The van der Waals surface area contributed by atoms with Gasteiger partial charge in [0.2, 0.25) is 0 Å². The van der Waals surface area contributed by atoms with Gasteiger partial charge in [0, 0.05) is 27.6 Å². The summed E-state index contributed by atoms with van der Waals surface area (Å²) in [5.41, 5.74) is 2.02. The first-order chi connectivity index (χ1) is 12.9. The van der Waals surface area contributed by atoms with E-state index in [4.69, 9.17) is 16.3 Å². The van der Waals surface area contributed by atoms with E-state index >= 15 is 0 Å². The van der Waals surface area contributed by atoms with Crippen LogP contribution in [0.15, 0.2) is 41.8 Å². The molecule has 3 rings (SSSR count). The van der Waals surface area contributed by atoms with Gasteiger partial charge < -0.3 is 4.74 Å². The topological polar surface area (TPSA) is 94.4 Å². The Morgan fingerprint density at radius 2 is 2.07 bits per heavy atom. The van der Waals surface area contributed by atoms with E-state index in [-0.39, 0.29) is 11.3 Å². The molecule has 3 aromatic rings. The van der Waals surface area contributed by atoms with Crippen LogP contribution in [0.1, 0.15) is 15.9 Å². The normalized spacial score (nSPS) is 10.5. The predicted molar refractivity (Wildman–Crippen MR) is 105 cm³/mol. The van der Waals surface area contributed by atoms with E-state index in [0.717, 1.165) is 0 Å². The molecule has 27 heavy (non-hydrogen) atoms. The van der Waals surface area contributed by atoms with Crippen LogP contribution in [-0.4, -0.2) is 22.9 Å². The smallest absolute Gasteiger partial charge is 0.272 e. The highest BCUT2D eigenvalue weighted by molar-refractivity contribution is 7.14. The number of thiazole rings is 1. The number of nitrogens with one attached hydrogen (secondary N) is 1. The number of ether oxygens (including phenoxy) is 1. The lowest BCUT2D eigenvalue weighted by molar-refractivity contribution is -0.385. The van der Waals surface area contributed by atoms with Gasteiger partial charge in [-0.3, -0.25) is 20.2 Å². The molecule has 0 saturated heterocycles. The number of rotatable bonds is 5. The lowest BCUT2D eigenvalue weighted by atomic mass is 10.1. The summed E-state index contributed by atoms with van der Waals surface area (Å²) in [6, 6.07) is 9.63. The number of methoxy groups -OCH3 is 1. The Bertz CT molecular complexity index is 1040. The number of aryl methyl sites for hydroxylation is 1. The molecule has 0 spiro atoms. The van der Waals surface area contributed by atoms with Gasteiger partial charge >= 0.3 is 0 Å². The molecule has 1 amide bonds. The Kier molecular flexibility index (Phi) is 5.38. The molecule has 0 aliphatic heterocycles. The number of hydrogen-bond acceptors (Lipinski definition) is 6. The fraction of sp³-hybridized carbons (Fsp3) is 0.111. The molecule has 0 unspecified atom stereocenters. The van der Waals surface area contributed by atoms with Crippen molar-refractivity contribution in [2.75, 3.05) is 12.4 Å². The monoisotopic (exact) mass is 403 g/mol. The second kappa shape index (κ2) is 7.73. The highest BCUT2D eigenvalue weighted by atomic mass is 35.5. The molecule has 1 heterocycles. The number of benzene rings is 2. The van der Waals surface area contributed by atoms with Crippen LogP contribution in [0.4, 0.5) is 10.8 Å². The van der Waals surface area contributed by atoms with Crippen molar-refractivity contribution in [3.05, 3.63) is 68.0 Å². The number of nitro groups is 1. The summed E-state index contributed by atoms with van der Waals surface area (Å²) in [4.78, 5) is 27.5. The van der Waals surface area contributed by atoms with Gasteiger partial charge in [-0.1, -0.05) is 23.7 Å². The van der Waals surface area contributed by atoms with E-state index in [9.17, 15) is 14.9 Å². The summed E-state index contributed by atoms with van der Waals surface area (Å²) >= 11 is 7.17. The van der Waals surface area contributed by atoms with Gasteiger partial charge in [-0.25, -0.2) is 4.98 Å². The van der Waals surface area contributed by atoms with Crippen molar-refractivity contribution in [1.29, 1.82) is 0 Å². The molecule has 0 bridgehead atoms. The molecule has 0 aliphatic rings. The van der Waals surface area contributed by atoms with Crippen molar-refractivity contribution < 1.29 is 14.5 Å². The summed E-state index contributed by atoms with van der Waals surface area (Å²) in [6.45, 7) is 1.67. The Balaban J connectivity index is 1.85. The van der Waals surface area contributed by atoms with Crippen LogP contribution in [-0.2, 0) is 0 Å². The molecule has 0 atom stereocenters. The van der Waals surface area contributed by atoms with Crippen LogP contribution in [0.3, 0.4) is 0 Å². The number of carbonyl (C=O) groups excluding carboxylic acids is 1. The fourth-order valence-corrected chi connectivity index (χ4v) is 3.34. The molecule has 9 heteroatoms. The lowest BCUT2D eigenvalue weighted by Crippen LogP contribution is -2.13. The van der Waals surface area contributed by atoms with E-state index in [2.05, 4.69) is 10.3 Å². The zero-order valence-electron chi connectivity index (χ0n) is 14.4. The molecule has 0 radical (unpaired) electrons. The zero-order chi connectivity index (χ0) is 19.6. The molecular formula is C18H14ClN3O4S. The minimum absolute atomic E-state index is 0.0229. The quantitative estimate of drug-likeness (QED) is 0.481. The van der Waals surface area contributed by atoms with Gasteiger partial charge in [-0.05, 0) is 25.1 Å². The first-order valence-electron chi connectivity index (χ1n) is 7.75. The largest absolute Gasteiger partial charge is 0.496 e. The minimum Gasteiger partial charge on any atom is -0.496 e. The molecule has 0 saturated carbocycles. The average molecular weight is 404 g/mol. The standard InChI is InChI=1S/C18H14ClN3O4S/c1-10-3-4-11(7-15(10)22(24)25)14-9-27-18(20-14)21-17(23)13-8-12(19)5-6-16(13)26-2/h3-9H,1-2H3,(H,20,21,23). The number of nitrogens with zero attached hydrogens (tertiary/aromatic N) is 2. The Labute approximate surface area is 163 Å². The summed E-state index contributed by atoms with van der Waals surface area (Å²) < 4.78 is 5.18. The zero-order valence-corrected chi connectivity index (χ0v) is 15.9. The highest BCUT2D eigenvalue weighted by Gasteiger charge is 2.17. The SMILES string of the molecule is COc1ccc(Cl)cc1C(=O)Nc1nc(-c2ccc(C)c([N+](=O)[O-])c2)cs1. The first kappa shape index (κ1) is 18.8. The van der Waals surface area contributed by atoms with Crippen LogP contribution in [0.25, 0.3) is 11.3 Å². The molecule has 1 N–H and O–H groups in total. The minimum atomic E-state index is -0.431. The van der Waals surface area contributed by atoms with Gasteiger partial charge in [0.15, 0.2) is 5.13 Å². The van der Waals surface area contributed by atoms with Crippen molar-refractivity contribution in [3.63, 3.8) is 0 Å². The predicted octanol–water partition coefficient (Wildman–Crippen LogP) is 4.94. The first-order valence-corrected chi connectivity index (χ1v) is 9.00. The highest BCUT2D eigenvalue weighted by Crippen LogP contribution is 2.30. The summed E-state index contributed by atoms with van der Waals surface area (Å²) in [5.74, 6) is -0.0204. The molecule has 138 valence electrons. The van der Waals surface area contributed by atoms with Crippen LogP contribution in [0.2, 0.25) is 5.02 Å². The maximum absolute atomic E-state index is 12.5. The van der Waals surface area contributed by atoms with E-state index in [1.54, 1.807) is 36.6 Å². The van der Waals surface area contributed by atoms with E-state index in [1.807, 2.05) is 0 Å². The Hall–Kier alpha value is -2.97. The van der Waals surface area contributed by atoms with Crippen molar-refractivity contribution in [1.82, 2.24) is 4.98 Å². The lowest BCUT2D eigenvalue weighted by Gasteiger charge is -2.08. The molecule has 2 aromatic carbocycles. The second-order valence-corrected chi connectivity index (χ2v) is 6.89. The number of hydrogen-bond donors (Lipinski definition) is 1. The Morgan fingerprint density at radius 1 is 1.30 bits per heavy atom. The molecule has 0 aliphatic carbocycles. The van der Waals surface area contributed by atoms with Gasteiger partial charge in [0.25, 0.3) is 11.6 Å². The van der Waals surface area contributed by atoms with Crippen LogP contribution in [0, 0.1) is 17.0 Å². The number of anilines is 1. The molecular weight excluding hydrogens is 390 g/mol. The number of carbonyl (C=O) groups is 1. The fourth-order valence-electron chi connectivity index (χ4n) is 2.45. The van der Waals surface area contributed by atoms with Crippen molar-refractivity contribution in [3.8, 4) is 17.0 Å². The summed E-state index contributed by atoms with van der Waals surface area (Å²) in [6.07, 6.45) is 0. The van der Waals surface area contributed by atoms with Crippen molar-refractivity contribution >= 4 is 39.7 Å². The number of amides is 1. The third-order valence-electron chi connectivity index (χ3n) is 3.83. The maximum Gasteiger partial charge on any atom is 0.272 e. The molecule has 7 nitrogen and oxygen atoms in total. The second-order valence-electron chi connectivity index (χ2n) is 5.60. The third-order valence-corrected chi connectivity index (χ3v) is 4.83. The van der Waals surface area contributed by atoms with Crippen LogP contribution in [0.5, 0.6) is 5.75 Å². The van der Waals surface area contributed by atoms with E-state index < -0.39 is 10.8 Å². The molecule has 1 aromatic heterocycles. The number of aromatic nitrogens is 1. The maximum atomic E-state index is 12.5. The van der Waals surface area contributed by atoms with Gasteiger partial charge in [0.1, 0.15) is 5.75 Å². The van der Waals surface area contributed by atoms with E-state index in [0.29, 0.717) is 32.7 Å². The van der Waals surface area contributed by atoms with Crippen LogP contribution >= 0.6 is 22.9 Å². The summed E-state index contributed by atoms with van der Waals surface area (Å²) in [5, 5.41) is 16.3. The average Bonchev–Trinajstić information content (AvgIpc) is 3.10.